The van der Waals surface area contributed by atoms with Crippen molar-refractivity contribution in [3.63, 3.8) is 0 Å². The van der Waals surface area contributed by atoms with E-state index in [2.05, 4.69) is 0 Å². The lowest BCUT2D eigenvalue weighted by atomic mass is 10.0. The van der Waals surface area contributed by atoms with Crippen LogP contribution in [0.2, 0.25) is 0 Å². The van der Waals surface area contributed by atoms with Crippen LogP contribution in [-0.2, 0) is 0 Å². The van der Waals surface area contributed by atoms with Crippen LogP contribution in [0.5, 0.6) is 0 Å². The second kappa shape index (κ2) is 3.14. The van der Waals surface area contributed by atoms with Crippen molar-refractivity contribution < 1.29 is 0 Å². The summed E-state index contributed by atoms with van der Waals surface area (Å²) >= 11 is 0. The number of hydrogen-bond acceptors (Lipinski definition) is 1. The van der Waals surface area contributed by atoms with Gasteiger partial charge in [-0.1, -0.05) is 25.7 Å². The van der Waals surface area contributed by atoms with Gasteiger partial charge in [-0.25, -0.2) is 0 Å². The van der Waals surface area contributed by atoms with Crippen molar-refractivity contribution in [1.82, 2.24) is 0 Å². The van der Waals surface area contributed by atoms with Crippen LogP contribution >= 0.6 is 0 Å². The van der Waals surface area contributed by atoms with Crippen molar-refractivity contribution in [3.05, 3.63) is 0 Å². The Kier molecular flexibility index (Phi) is 2.17. The molecule has 64 valence electrons. The molecule has 0 amide bonds. The first-order chi connectivity index (χ1) is 5.34. The molecule has 0 aliphatic heterocycles. The van der Waals surface area contributed by atoms with E-state index >= 15 is 0 Å². The third kappa shape index (κ3) is 2.82. The predicted octanol–water partition coefficient (Wildman–Crippen LogP) is 2.30. The Morgan fingerprint density at radius 2 is 1.73 bits per heavy atom. The van der Waals surface area contributed by atoms with Crippen molar-refractivity contribution in [2.75, 3.05) is 0 Å². The van der Waals surface area contributed by atoms with E-state index in [0.717, 1.165) is 11.8 Å². The Labute approximate surface area is 69.4 Å². The molecule has 2 fully saturated rings. The lowest BCUT2D eigenvalue weighted by molar-refractivity contribution is 0.499. The minimum absolute atomic E-state index is 0.531. The summed E-state index contributed by atoms with van der Waals surface area (Å²) in [4.78, 5) is 0. The summed E-state index contributed by atoms with van der Waals surface area (Å²) in [5.74, 6) is 2.09. The molecule has 1 atom stereocenters. The van der Waals surface area contributed by atoms with Gasteiger partial charge in [-0.05, 0) is 31.1 Å². The maximum absolute atomic E-state index is 5.99. The summed E-state index contributed by atoms with van der Waals surface area (Å²) in [7, 11) is 0. The van der Waals surface area contributed by atoms with Crippen LogP contribution in [0.1, 0.15) is 44.9 Å². The Hall–Kier alpha value is -0.0400. The van der Waals surface area contributed by atoms with E-state index in [-0.39, 0.29) is 0 Å². The first kappa shape index (κ1) is 7.60. The van der Waals surface area contributed by atoms with Gasteiger partial charge in [-0.15, -0.1) is 0 Å². The number of hydrogen-bond donors (Lipinski definition) is 1. The largest absolute Gasteiger partial charge is 0.328 e. The lowest BCUT2D eigenvalue weighted by Crippen LogP contribution is -2.20. The standard InChI is InChI=1S/C10H19N/c11-10(7-9-3-4-9)6-5-8-1-2-8/h8-10H,1-7,11H2. The molecule has 2 N–H and O–H groups in total. The Morgan fingerprint density at radius 1 is 1.09 bits per heavy atom. The van der Waals surface area contributed by atoms with Crippen LogP contribution in [0.25, 0.3) is 0 Å². The molecule has 0 aromatic heterocycles. The molecule has 0 radical (unpaired) electrons. The SMILES string of the molecule is NC(CCC1CC1)CC1CC1. The van der Waals surface area contributed by atoms with E-state index in [1.165, 1.54) is 44.9 Å². The Balaban J connectivity index is 1.52. The summed E-state index contributed by atoms with van der Waals surface area (Å²) in [5, 5.41) is 0. The Bertz CT molecular complexity index is 125. The first-order valence-corrected chi connectivity index (χ1v) is 5.10. The van der Waals surface area contributed by atoms with Crippen molar-refractivity contribution >= 4 is 0 Å². The molecule has 2 aliphatic carbocycles. The normalized spacial score (nSPS) is 27.0. The molecule has 1 heteroatoms. The van der Waals surface area contributed by atoms with E-state index in [1.54, 1.807) is 0 Å². The zero-order valence-corrected chi connectivity index (χ0v) is 7.26. The fraction of sp³-hybridized carbons (Fsp3) is 1.00. The van der Waals surface area contributed by atoms with Gasteiger partial charge < -0.3 is 5.73 Å². The summed E-state index contributed by atoms with van der Waals surface area (Å²) in [5.41, 5.74) is 5.99. The molecule has 1 unspecified atom stereocenters. The number of rotatable bonds is 5. The summed E-state index contributed by atoms with van der Waals surface area (Å²) in [6.45, 7) is 0. The van der Waals surface area contributed by atoms with Gasteiger partial charge in [-0.3, -0.25) is 0 Å². The predicted molar refractivity (Wildman–Crippen MR) is 47.3 cm³/mol. The minimum atomic E-state index is 0.531. The molecule has 0 aromatic rings. The topological polar surface area (TPSA) is 26.0 Å². The lowest BCUT2D eigenvalue weighted by Gasteiger charge is -2.09. The summed E-state index contributed by atoms with van der Waals surface area (Å²) < 4.78 is 0. The zero-order valence-electron chi connectivity index (χ0n) is 7.26. The zero-order chi connectivity index (χ0) is 7.68. The molecule has 2 rings (SSSR count). The van der Waals surface area contributed by atoms with Crippen LogP contribution < -0.4 is 5.73 Å². The molecule has 0 aromatic carbocycles. The van der Waals surface area contributed by atoms with Crippen LogP contribution in [0.3, 0.4) is 0 Å². The van der Waals surface area contributed by atoms with Crippen LogP contribution in [0, 0.1) is 11.8 Å². The highest BCUT2D eigenvalue weighted by atomic mass is 14.6. The molecule has 2 saturated carbocycles. The van der Waals surface area contributed by atoms with Crippen molar-refractivity contribution in [1.29, 1.82) is 0 Å². The number of nitrogens with two attached hydrogens (primary N) is 1. The highest BCUT2D eigenvalue weighted by molar-refractivity contribution is 4.80. The molecule has 2 aliphatic rings. The maximum Gasteiger partial charge on any atom is 0.00415 e. The summed E-state index contributed by atoms with van der Waals surface area (Å²) in [6, 6.07) is 0.531. The van der Waals surface area contributed by atoms with Gasteiger partial charge in [0.15, 0.2) is 0 Å². The van der Waals surface area contributed by atoms with E-state index < -0.39 is 0 Å². The van der Waals surface area contributed by atoms with Crippen molar-refractivity contribution in [2.24, 2.45) is 17.6 Å². The van der Waals surface area contributed by atoms with E-state index in [0.29, 0.717) is 6.04 Å². The third-order valence-corrected chi connectivity index (χ3v) is 2.98. The quantitative estimate of drug-likeness (QED) is 0.644. The van der Waals surface area contributed by atoms with Gasteiger partial charge in [0.05, 0.1) is 0 Å². The van der Waals surface area contributed by atoms with Crippen molar-refractivity contribution in [3.8, 4) is 0 Å². The fourth-order valence-corrected chi connectivity index (χ4v) is 1.76. The third-order valence-electron chi connectivity index (χ3n) is 2.98. The summed E-state index contributed by atoms with van der Waals surface area (Å²) in [6.07, 6.45) is 9.89. The molecule has 0 bridgehead atoms. The molecule has 0 spiro atoms. The smallest absolute Gasteiger partial charge is 0.00415 e. The van der Waals surface area contributed by atoms with Crippen LogP contribution in [-0.4, -0.2) is 6.04 Å². The molecule has 0 heterocycles. The fourth-order valence-electron chi connectivity index (χ4n) is 1.76. The maximum atomic E-state index is 5.99. The van der Waals surface area contributed by atoms with Crippen molar-refractivity contribution in [2.45, 2.75) is 51.0 Å². The average Bonchev–Trinajstić information content (AvgIpc) is 2.80. The second-order valence-electron chi connectivity index (χ2n) is 4.46. The van der Waals surface area contributed by atoms with Crippen LogP contribution in [0.15, 0.2) is 0 Å². The minimum Gasteiger partial charge on any atom is -0.328 e. The van der Waals surface area contributed by atoms with Gasteiger partial charge in [0.2, 0.25) is 0 Å². The second-order valence-corrected chi connectivity index (χ2v) is 4.46. The van der Waals surface area contributed by atoms with Gasteiger partial charge >= 0.3 is 0 Å². The average molecular weight is 153 g/mol. The molecule has 0 saturated heterocycles. The van der Waals surface area contributed by atoms with Gasteiger partial charge in [0.1, 0.15) is 0 Å². The van der Waals surface area contributed by atoms with Gasteiger partial charge in [-0.2, -0.15) is 0 Å². The molecule has 11 heavy (non-hydrogen) atoms. The monoisotopic (exact) mass is 153 g/mol. The molecular formula is C10H19N. The first-order valence-electron chi connectivity index (χ1n) is 5.10. The highest BCUT2D eigenvalue weighted by Crippen LogP contribution is 2.36. The van der Waals surface area contributed by atoms with Gasteiger partial charge in [0.25, 0.3) is 0 Å². The molecular weight excluding hydrogens is 134 g/mol. The highest BCUT2D eigenvalue weighted by Gasteiger charge is 2.26. The molecule has 1 nitrogen and oxygen atoms in total. The van der Waals surface area contributed by atoms with E-state index in [9.17, 15) is 0 Å². The Morgan fingerprint density at radius 3 is 2.27 bits per heavy atom. The van der Waals surface area contributed by atoms with Crippen LogP contribution in [0.4, 0.5) is 0 Å². The van der Waals surface area contributed by atoms with E-state index in [1.807, 2.05) is 0 Å². The van der Waals surface area contributed by atoms with E-state index in [4.69, 9.17) is 5.73 Å². The van der Waals surface area contributed by atoms with Gasteiger partial charge in [0, 0.05) is 6.04 Å².